The van der Waals surface area contributed by atoms with E-state index in [2.05, 4.69) is 0 Å². The standard InChI is InChI=1S/C19H16O3/c1-13-17(11-14-5-3-2-4-6-14)19(21)22-18(13)12-15-7-9-16(20)10-8-15/h2-10,12,20H,11H2,1H3. The van der Waals surface area contributed by atoms with Gasteiger partial charge in [-0.3, -0.25) is 0 Å². The van der Waals surface area contributed by atoms with E-state index in [4.69, 9.17) is 4.74 Å². The lowest BCUT2D eigenvalue weighted by molar-refractivity contribution is -0.133. The predicted octanol–water partition coefficient (Wildman–Crippen LogP) is 3.85. The SMILES string of the molecule is CC1=C(Cc2ccccc2)C(=O)OC1=Cc1ccc(O)cc1. The first-order valence-corrected chi connectivity index (χ1v) is 7.10. The Balaban J connectivity index is 1.89. The molecule has 3 heteroatoms. The molecule has 0 atom stereocenters. The molecule has 110 valence electrons. The molecule has 22 heavy (non-hydrogen) atoms. The van der Waals surface area contributed by atoms with Crippen molar-refractivity contribution in [2.45, 2.75) is 13.3 Å². The number of esters is 1. The molecule has 0 aromatic heterocycles. The van der Waals surface area contributed by atoms with Crippen LogP contribution in [0.3, 0.4) is 0 Å². The molecule has 3 rings (SSSR count). The summed E-state index contributed by atoms with van der Waals surface area (Å²) in [7, 11) is 0. The number of phenols is 1. The lowest BCUT2D eigenvalue weighted by Gasteiger charge is -2.00. The van der Waals surface area contributed by atoms with E-state index >= 15 is 0 Å². The van der Waals surface area contributed by atoms with E-state index in [1.54, 1.807) is 24.3 Å². The summed E-state index contributed by atoms with van der Waals surface area (Å²) in [6, 6.07) is 16.6. The Morgan fingerprint density at radius 2 is 1.73 bits per heavy atom. The number of carbonyl (C=O) groups is 1. The van der Waals surface area contributed by atoms with Crippen molar-refractivity contribution in [3.05, 3.63) is 82.6 Å². The van der Waals surface area contributed by atoms with Gasteiger partial charge in [0.2, 0.25) is 0 Å². The van der Waals surface area contributed by atoms with Gasteiger partial charge in [-0.05, 0) is 36.3 Å². The predicted molar refractivity (Wildman–Crippen MR) is 85.0 cm³/mol. The Labute approximate surface area is 129 Å². The largest absolute Gasteiger partial charge is 0.508 e. The fourth-order valence-electron chi connectivity index (χ4n) is 2.40. The molecule has 0 unspecified atom stereocenters. The zero-order valence-electron chi connectivity index (χ0n) is 12.2. The third kappa shape index (κ3) is 2.93. The number of hydrogen-bond donors (Lipinski definition) is 1. The van der Waals surface area contributed by atoms with Crippen molar-refractivity contribution in [1.82, 2.24) is 0 Å². The van der Waals surface area contributed by atoms with E-state index < -0.39 is 0 Å². The van der Waals surface area contributed by atoms with Crippen LogP contribution in [0.15, 0.2) is 71.5 Å². The third-order valence-corrected chi connectivity index (χ3v) is 3.69. The first kappa shape index (κ1) is 14.1. The average molecular weight is 292 g/mol. The summed E-state index contributed by atoms with van der Waals surface area (Å²) in [6.45, 7) is 1.90. The number of cyclic esters (lactones) is 1. The maximum absolute atomic E-state index is 12.1. The molecule has 1 heterocycles. The Kier molecular flexibility index (Phi) is 3.79. The highest BCUT2D eigenvalue weighted by Gasteiger charge is 2.26. The molecule has 0 saturated carbocycles. The van der Waals surface area contributed by atoms with Crippen molar-refractivity contribution in [1.29, 1.82) is 0 Å². The molecule has 0 radical (unpaired) electrons. The molecule has 3 nitrogen and oxygen atoms in total. The van der Waals surface area contributed by atoms with Gasteiger partial charge in [-0.15, -0.1) is 0 Å². The smallest absolute Gasteiger partial charge is 0.340 e. The topological polar surface area (TPSA) is 46.5 Å². The number of aromatic hydroxyl groups is 1. The summed E-state index contributed by atoms with van der Waals surface area (Å²) < 4.78 is 5.38. The molecule has 2 aromatic rings. The van der Waals surface area contributed by atoms with Gasteiger partial charge in [0.15, 0.2) is 0 Å². The number of allylic oxidation sites excluding steroid dienone is 1. The first-order valence-electron chi connectivity index (χ1n) is 7.10. The van der Waals surface area contributed by atoms with Gasteiger partial charge in [0.25, 0.3) is 0 Å². The van der Waals surface area contributed by atoms with Crippen LogP contribution in [0.5, 0.6) is 5.75 Å². The molecule has 2 aromatic carbocycles. The molecule has 0 amide bonds. The normalized spacial score (nSPS) is 16.2. The van der Waals surface area contributed by atoms with E-state index in [1.165, 1.54) is 0 Å². The summed E-state index contributed by atoms with van der Waals surface area (Å²) in [5, 5.41) is 9.30. The second-order valence-corrected chi connectivity index (χ2v) is 5.26. The number of phenolic OH excluding ortho intramolecular Hbond substituents is 1. The van der Waals surface area contributed by atoms with E-state index in [-0.39, 0.29) is 11.7 Å². The summed E-state index contributed by atoms with van der Waals surface area (Å²) in [6.07, 6.45) is 2.38. The molecule has 0 bridgehead atoms. The van der Waals surface area contributed by atoms with E-state index in [0.717, 1.165) is 16.7 Å². The molecule has 0 saturated heterocycles. The van der Waals surface area contributed by atoms with Crippen LogP contribution in [0.1, 0.15) is 18.1 Å². The van der Waals surface area contributed by atoms with Crippen molar-refractivity contribution in [3.8, 4) is 5.75 Å². The number of benzene rings is 2. The highest BCUT2D eigenvalue weighted by atomic mass is 16.5. The highest BCUT2D eigenvalue weighted by molar-refractivity contribution is 5.95. The van der Waals surface area contributed by atoms with Crippen molar-refractivity contribution < 1.29 is 14.6 Å². The van der Waals surface area contributed by atoms with Gasteiger partial charge in [-0.1, -0.05) is 42.5 Å². The minimum atomic E-state index is -0.286. The Hall–Kier alpha value is -2.81. The molecule has 1 aliphatic heterocycles. The number of rotatable bonds is 3. The van der Waals surface area contributed by atoms with Crippen LogP contribution in [0.4, 0.5) is 0 Å². The highest BCUT2D eigenvalue weighted by Crippen LogP contribution is 2.30. The van der Waals surface area contributed by atoms with Crippen molar-refractivity contribution >= 4 is 12.0 Å². The van der Waals surface area contributed by atoms with Gasteiger partial charge < -0.3 is 9.84 Å². The zero-order valence-corrected chi connectivity index (χ0v) is 12.2. The Morgan fingerprint density at radius 1 is 1.05 bits per heavy atom. The third-order valence-electron chi connectivity index (χ3n) is 3.69. The van der Waals surface area contributed by atoms with Gasteiger partial charge in [-0.25, -0.2) is 4.79 Å². The summed E-state index contributed by atoms with van der Waals surface area (Å²) in [4.78, 5) is 12.1. The number of hydrogen-bond acceptors (Lipinski definition) is 3. The van der Waals surface area contributed by atoms with Gasteiger partial charge in [-0.2, -0.15) is 0 Å². The van der Waals surface area contributed by atoms with E-state index in [1.807, 2.05) is 43.3 Å². The number of carbonyl (C=O) groups excluding carboxylic acids is 1. The maximum Gasteiger partial charge on any atom is 0.340 e. The lowest BCUT2D eigenvalue weighted by atomic mass is 10.0. The van der Waals surface area contributed by atoms with Gasteiger partial charge in [0.05, 0.1) is 0 Å². The maximum atomic E-state index is 12.1. The van der Waals surface area contributed by atoms with Crippen LogP contribution in [0.25, 0.3) is 6.08 Å². The Morgan fingerprint density at radius 3 is 2.41 bits per heavy atom. The number of ether oxygens (including phenoxy) is 1. The van der Waals surface area contributed by atoms with Gasteiger partial charge >= 0.3 is 5.97 Å². The van der Waals surface area contributed by atoms with Crippen molar-refractivity contribution in [3.63, 3.8) is 0 Å². The lowest BCUT2D eigenvalue weighted by Crippen LogP contribution is -2.02. The van der Waals surface area contributed by atoms with Crippen LogP contribution < -0.4 is 0 Å². The van der Waals surface area contributed by atoms with Crippen LogP contribution in [-0.2, 0) is 16.0 Å². The summed E-state index contributed by atoms with van der Waals surface area (Å²) in [5.74, 6) is 0.496. The van der Waals surface area contributed by atoms with Crippen LogP contribution in [-0.4, -0.2) is 11.1 Å². The quantitative estimate of drug-likeness (QED) is 0.874. The monoisotopic (exact) mass is 292 g/mol. The summed E-state index contributed by atoms with van der Waals surface area (Å²) >= 11 is 0. The first-order chi connectivity index (χ1) is 10.6. The Bertz CT molecular complexity index is 753. The molecular weight excluding hydrogens is 276 g/mol. The van der Waals surface area contributed by atoms with Crippen molar-refractivity contribution in [2.75, 3.05) is 0 Å². The van der Waals surface area contributed by atoms with Crippen LogP contribution in [0, 0.1) is 0 Å². The molecule has 0 aliphatic carbocycles. The van der Waals surface area contributed by atoms with E-state index in [9.17, 15) is 9.90 Å². The molecule has 0 fully saturated rings. The van der Waals surface area contributed by atoms with Gasteiger partial charge in [0, 0.05) is 17.6 Å². The molecule has 0 spiro atoms. The molecule has 1 aliphatic rings. The minimum Gasteiger partial charge on any atom is -0.508 e. The second kappa shape index (κ2) is 5.90. The average Bonchev–Trinajstić information content (AvgIpc) is 2.78. The van der Waals surface area contributed by atoms with Gasteiger partial charge in [0.1, 0.15) is 11.5 Å². The van der Waals surface area contributed by atoms with E-state index in [0.29, 0.717) is 17.8 Å². The van der Waals surface area contributed by atoms with Crippen LogP contribution >= 0.6 is 0 Å². The summed E-state index contributed by atoms with van der Waals surface area (Å²) in [5.41, 5.74) is 3.51. The molecular formula is C19H16O3. The fourth-order valence-corrected chi connectivity index (χ4v) is 2.40. The zero-order chi connectivity index (χ0) is 15.5. The van der Waals surface area contributed by atoms with Crippen molar-refractivity contribution in [2.24, 2.45) is 0 Å². The van der Waals surface area contributed by atoms with Crippen LogP contribution in [0.2, 0.25) is 0 Å². The minimum absolute atomic E-state index is 0.211. The second-order valence-electron chi connectivity index (χ2n) is 5.26. The molecule has 1 N–H and O–H groups in total. The fraction of sp³-hybridized carbons (Fsp3) is 0.105.